The first-order valence-corrected chi connectivity index (χ1v) is 6.78. The van der Waals surface area contributed by atoms with Crippen LogP contribution in [0.25, 0.3) is 5.13 Å². The quantitative estimate of drug-likeness (QED) is 0.833. The van der Waals surface area contributed by atoms with Crippen molar-refractivity contribution in [1.29, 1.82) is 0 Å². The third kappa shape index (κ3) is 2.90. The van der Waals surface area contributed by atoms with Crippen LogP contribution in [0.3, 0.4) is 0 Å². The second-order valence-electron chi connectivity index (χ2n) is 3.84. The van der Waals surface area contributed by atoms with Gasteiger partial charge in [-0.05, 0) is 13.3 Å². The van der Waals surface area contributed by atoms with Crippen molar-refractivity contribution in [2.24, 2.45) is 0 Å². The van der Waals surface area contributed by atoms with Gasteiger partial charge in [0.1, 0.15) is 5.82 Å². The molecule has 2 N–H and O–H groups in total. The van der Waals surface area contributed by atoms with E-state index in [1.165, 1.54) is 16.2 Å². The number of nitrogens with two attached hydrogens (primary N) is 1. The van der Waals surface area contributed by atoms with Gasteiger partial charge in [-0.1, -0.05) is 6.92 Å². The minimum absolute atomic E-state index is 0.106. The number of ether oxygens (including phenoxy) is 1. The Morgan fingerprint density at radius 1 is 1.53 bits per heavy atom. The Labute approximate surface area is 114 Å². The Morgan fingerprint density at radius 3 is 3.00 bits per heavy atom. The maximum absolute atomic E-state index is 11.6. The Kier molecular flexibility index (Phi) is 4.10. The maximum atomic E-state index is 11.6. The van der Waals surface area contributed by atoms with E-state index in [4.69, 9.17) is 10.5 Å². The summed E-state index contributed by atoms with van der Waals surface area (Å²) < 4.78 is 10.5. The summed E-state index contributed by atoms with van der Waals surface area (Å²) in [6.07, 6.45) is 3.34. The molecule has 0 bridgehead atoms. The number of esters is 1. The van der Waals surface area contributed by atoms with Gasteiger partial charge in [0, 0.05) is 18.0 Å². The molecular formula is C11H15N5O2S. The molecule has 0 aliphatic heterocycles. The number of anilines is 1. The van der Waals surface area contributed by atoms with Gasteiger partial charge in [0.15, 0.2) is 5.69 Å². The van der Waals surface area contributed by atoms with E-state index in [1.807, 2.05) is 0 Å². The lowest BCUT2D eigenvalue weighted by molar-refractivity contribution is 0.0520. The molecular weight excluding hydrogens is 266 g/mol. The van der Waals surface area contributed by atoms with Crippen LogP contribution < -0.4 is 5.73 Å². The predicted octanol–water partition coefficient (Wildman–Crippen LogP) is 1.44. The molecule has 2 heterocycles. The largest absolute Gasteiger partial charge is 0.461 e. The van der Waals surface area contributed by atoms with Gasteiger partial charge in [-0.2, -0.15) is 9.47 Å². The molecule has 2 aromatic heterocycles. The number of aryl methyl sites for hydroxylation is 1. The fourth-order valence-electron chi connectivity index (χ4n) is 1.51. The highest BCUT2D eigenvalue weighted by Gasteiger charge is 2.18. The van der Waals surface area contributed by atoms with Gasteiger partial charge in [-0.25, -0.2) is 14.5 Å². The monoisotopic (exact) mass is 281 g/mol. The normalized spacial score (nSPS) is 10.6. The van der Waals surface area contributed by atoms with E-state index < -0.39 is 5.97 Å². The van der Waals surface area contributed by atoms with E-state index >= 15 is 0 Å². The summed E-state index contributed by atoms with van der Waals surface area (Å²) in [5.41, 5.74) is 6.12. The highest BCUT2D eigenvalue weighted by atomic mass is 32.1. The van der Waals surface area contributed by atoms with Crippen LogP contribution in [0, 0.1) is 0 Å². The van der Waals surface area contributed by atoms with Crippen molar-refractivity contribution in [3.05, 3.63) is 17.7 Å². The molecule has 2 rings (SSSR count). The van der Waals surface area contributed by atoms with Gasteiger partial charge in [0.2, 0.25) is 5.13 Å². The highest BCUT2D eigenvalue weighted by Crippen LogP contribution is 2.17. The van der Waals surface area contributed by atoms with E-state index in [9.17, 15) is 4.79 Å². The van der Waals surface area contributed by atoms with Crippen LogP contribution in [0.2, 0.25) is 0 Å². The molecule has 0 saturated carbocycles. The molecule has 8 heteroatoms. The van der Waals surface area contributed by atoms with Crippen molar-refractivity contribution < 1.29 is 9.53 Å². The summed E-state index contributed by atoms with van der Waals surface area (Å²) in [5.74, 6) is 0.242. The number of nitrogens with zero attached hydrogens (tertiary/aromatic N) is 4. The second-order valence-corrected chi connectivity index (χ2v) is 4.57. The number of nitrogen functional groups attached to an aromatic ring is 1. The number of hydrogen-bond donors (Lipinski definition) is 1. The fourth-order valence-corrected chi connectivity index (χ4v) is 2.15. The third-order valence-electron chi connectivity index (χ3n) is 2.34. The summed E-state index contributed by atoms with van der Waals surface area (Å²) in [6, 6.07) is 0. The lowest BCUT2D eigenvalue weighted by atomic mass is 10.3. The van der Waals surface area contributed by atoms with Crippen LogP contribution in [0.1, 0.15) is 36.6 Å². The lowest BCUT2D eigenvalue weighted by Crippen LogP contribution is -2.08. The van der Waals surface area contributed by atoms with Crippen LogP contribution >= 0.6 is 11.5 Å². The van der Waals surface area contributed by atoms with Gasteiger partial charge in [-0.15, -0.1) is 0 Å². The van der Waals surface area contributed by atoms with Gasteiger partial charge in [-0.3, -0.25) is 0 Å². The average molecular weight is 281 g/mol. The van der Waals surface area contributed by atoms with Crippen LogP contribution in [0.4, 0.5) is 5.69 Å². The number of carbonyl (C=O) groups excluding carboxylic acids is 1. The van der Waals surface area contributed by atoms with Crippen LogP contribution in [0.5, 0.6) is 0 Å². The Balaban J connectivity index is 2.25. The van der Waals surface area contributed by atoms with Crippen molar-refractivity contribution in [3.63, 3.8) is 0 Å². The molecule has 0 aliphatic carbocycles. The Morgan fingerprint density at radius 2 is 2.32 bits per heavy atom. The van der Waals surface area contributed by atoms with Gasteiger partial charge in [0.05, 0.1) is 18.5 Å². The first-order valence-electron chi connectivity index (χ1n) is 6.00. The van der Waals surface area contributed by atoms with E-state index in [2.05, 4.69) is 21.4 Å². The molecule has 2 aromatic rings. The van der Waals surface area contributed by atoms with Crippen molar-refractivity contribution in [3.8, 4) is 5.13 Å². The second kappa shape index (κ2) is 5.79. The smallest absolute Gasteiger partial charge is 0.361 e. The highest BCUT2D eigenvalue weighted by molar-refractivity contribution is 7.08. The van der Waals surface area contributed by atoms with Gasteiger partial charge >= 0.3 is 5.97 Å². The molecule has 7 nitrogen and oxygen atoms in total. The average Bonchev–Trinajstić information content (AvgIpc) is 2.96. The molecule has 0 fully saturated rings. The zero-order chi connectivity index (χ0) is 13.8. The minimum atomic E-state index is -0.531. The number of hydrogen-bond acceptors (Lipinski definition) is 7. The third-order valence-corrected chi connectivity index (χ3v) is 3.08. The van der Waals surface area contributed by atoms with E-state index in [0.29, 0.717) is 5.13 Å². The summed E-state index contributed by atoms with van der Waals surface area (Å²) in [7, 11) is 0. The zero-order valence-electron chi connectivity index (χ0n) is 10.8. The molecule has 0 aliphatic rings. The molecule has 0 radical (unpaired) electrons. The zero-order valence-corrected chi connectivity index (χ0v) is 11.6. The SMILES string of the molecule is CCCc1nsc(-n2cc(N)c(C(=O)OCC)n2)n1. The maximum Gasteiger partial charge on any atom is 0.361 e. The summed E-state index contributed by atoms with van der Waals surface area (Å²) in [6.45, 7) is 4.07. The van der Waals surface area contributed by atoms with Crippen molar-refractivity contribution in [1.82, 2.24) is 19.1 Å². The summed E-state index contributed by atoms with van der Waals surface area (Å²) in [4.78, 5) is 15.9. The lowest BCUT2D eigenvalue weighted by Gasteiger charge is -1.97. The molecule has 0 spiro atoms. The summed E-state index contributed by atoms with van der Waals surface area (Å²) in [5, 5.41) is 4.69. The molecule has 0 unspecified atom stereocenters. The van der Waals surface area contributed by atoms with Crippen LogP contribution in [-0.4, -0.2) is 31.7 Å². The van der Waals surface area contributed by atoms with Crippen molar-refractivity contribution in [2.75, 3.05) is 12.3 Å². The van der Waals surface area contributed by atoms with E-state index in [1.54, 1.807) is 13.1 Å². The van der Waals surface area contributed by atoms with Crippen LogP contribution in [-0.2, 0) is 11.2 Å². The number of carbonyl (C=O) groups is 1. The Hall–Kier alpha value is -1.96. The topological polar surface area (TPSA) is 95.9 Å². The van der Waals surface area contributed by atoms with Gasteiger partial charge < -0.3 is 10.5 Å². The van der Waals surface area contributed by atoms with Crippen LogP contribution in [0.15, 0.2) is 6.20 Å². The number of rotatable bonds is 5. The molecule has 0 amide bonds. The minimum Gasteiger partial charge on any atom is -0.461 e. The summed E-state index contributed by atoms with van der Waals surface area (Å²) >= 11 is 1.22. The van der Waals surface area contributed by atoms with E-state index in [0.717, 1.165) is 18.7 Å². The Bertz CT molecular complexity index is 577. The van der Waals surface area contributed by atoms with Crippen molar-refractivity contribution >= 4 is 23.2 Å². The molecule has 102 valence electrons. The first kappa shape index (κ1) is 13.5. The number of aromatic nitrogens is 4. The fraction of sp³-hybridized carbons (Fsp3) is 0.455. The molecule has 0 atom stereocenters. The molecule has 19 heavy (non-hydrogen) atoms. The molecule has 0 saturated heterocycles. The van der Waals surface area contributed by atoms with Crippen molar-refractivity contribution in [2.45, 2.75) is 26.7 Å². The van der Waals surface area contributed by atoms with Gasteiger partial charge in [0.25, 0.3) is 0 Å². The van der Waals surface area contributed by atoms with E-state index in [-0.39, 0.29) is 18.0 Å². The predicted molar refractivity (Wildman–Crippen MR) is 71.4 cm³/mol. The molecule has 0 aromatic carbocycles. The first-order chi connectivity index (χ1) is 9.15. The standard InChI is InChI=1S/C11H15N5O2S/c1-3-5-8-13-11(19-15-8)16-6-7(12)9(14-16)10(17)18-4-2/h6H,3-5,12H2,1-2H3.